The van der Waals surface area contributed by atoms with Gasteiger partial charge in [-0.3, -0.25) is 19.1 Å². The van der Waals surface area contributed by atoms with Crippen LogP contribution in [0.3, 0.4) is 0 Å². The van der Waals surface area contributed by atoms with E-state index >= 15 is 0 Å². The third-order valence-electron chi connectivity index (χ3n) is 4.86. The van der Waals surface area contributed by atoms with Gasteiger partial charge in [0, 0.05) is 12.6 Å². The first-order chi connectivity index (χ1) is 14.6. The standard InChI is InChI=1S/C22H31N5O4/c1-7-31-17-10-8-16(9-11-17)21(29)25-19(13(2)3)22(30)23-12-18(28)24-20-14(4)26-27(6)15(20)5/h8-11,13,19H,7,12H2,1-6H3,(H,23,30)(H,24,28)(H,25,29)/t19-/m0/s1. The van der Waals surface area contributed by atoms with Crippen molar-refractivity contribution < 1.29 is 19.1 Å². The number of benzene rings is 1. The summed E-state index contributed by atoms with van der Waals surface area (Å²) < 4.78 is 7.05. The zero-order valence-electron chi connectivity index (χ0n) is 18.9. The predicted molar refractivity (Wildman–Crippen MR) is 118 cm³/mol. The van der Waals surface area contributed by atoms with Gasteiger partial charge in [-0.25, -0.2) is 0 Å². The fraction of sp³-hybridized carbons (Fsp3) is 0.455. The second-order valence-electron chi connectivity index (χ2n) is 7.59. The minimum absolute atomic E-state index is 0.169. The number of carbonyl (C=O) groups is 3. The van der Waals surface area contributed by atoms with Gasteiger partial charge in [-0.15, -0.1) is 0 Å². The summed E-state index contributed by atoms with van der Waals surface area (Å²) in [6.07, 6.45) is 0. The fourth-order valence-corrected chi connectivity index (χ4v) is 3.04. The van der Waals surface area contributed by atoms with E-state index in [1.54, 1.807) is 42.9 Å². The van der Waals surface area contributed by atoms with Gasteiger partial charge in [-0.1, -0.05) is 13.8 Å². The minimum Gasteiger partial charge on any atom is -0.494 e. The van der Waals surface area contributed by atoms with Gasteiger partial charge < -0.3 is 20.7 Å². The van der Waals surface area contributed by atoms with Crippen LogP contribution in [-0.2, 0) is 16.6 Å². The quantitative estimate of drug-likeness (QED) is 0.564. The normalized spacial score (nSPS) is 11.7. The molecule has 1 aromatic heterocycles. The molecule has 3 N–H and O–H groups in total. The lowest BCUT2D eigenvalue weighted by atomic mass is 10.0. The van der Waals surface area contributed by atoms with Crippen LogP contribution in [0.15, 0.2) is 24.3 Å². The summed E-state index contributed by atoms with van der Waals surface area (Å²) in [6, 6.07) is 5.91. The van der Waals surface area contributed by atoms with Crippen LogP contribution in [0.4, 0.5) is 5.69 Å². The third-order valence-corrected chi connectivity index (χ3v) is 4.86. The molecule has 31 heavy (non-hydrogen) atoms. The molecule has 1 atom stereocenters. The predicted octanol–water partition coefficient (Wildman–Crippen LogP) is 1.94. The Bertz CT molecular complexity index is 934. The van der Waals surface area contributed by atoms with Crippen LogP contribution in [0.5, 0.6) is 5.75 Å². The zero-order chi connectivity index (χ0) is 23.1. The molecule has 0 aliphatic rings. The lowest BCUT2D eigenvalue weighted by Crippen LogP contribution is -2.51. The van der Waals surface area contributed by atoms with Gasteiger partial charge in [0.15, 0.2) is 0 Å². The molecule has 2 aromatic rings. The van der Waals surface area contributed by atoms with Gasteiger partial charge in [-0.2, -0.15) is 5.10 Å². The highest BCUT2D eigenvalue weighted by atomic mass is 16.5. The first kappa shape index (κ1) is 23.9. The molecule has 2 rings (SSSR count). The fourth-order valence-electron chi connectivity index (χ4n) is 3.04. The van der Waals surface area contributed by atoms with E-state index in [9.17, 15) is 14.4 Å². The van der Waals surface area contributed by atoms with Crippen molar-refractivity contribution in [1.82, 2.24) is 20.4 Å². The summed E-state index contributed by atoms with van der Waals surface area (Å²) in [4.78, 5) is 37.5. The molecule has 3 amide bonds. The number of aromatic nitrogens is 2. The highest BCUT2D eigenvalue weighted by Crippen LogP contribution is 2.18. The van der Waals surface area contributed by atoms with Gasteiger partial charge in [0.2, 0.25) is 11.8 Å². The van der Waals surface area contributed by atoms with Crippen molar-refractivity contribution in [3.8, 4) is 5.75 Å². The summed E-state index contributed by atoms with van der Waals surface area (Å²) in [5, 5.41) is 12.4. The molecule has 0 fully saturated rings. The largest absolute Gasteiger partial charge is 0.494 e. The van der Waals surface area contributed by atoms with Crippen LogP contribution in [0, 0.1) is 19.8 Å². The zero-order valence-corrected chi connectivity index (χ0v) is 18.9. The molecule has 0 saturated carbocycles. The molecule has 0 aliphatic carbocycles. The number of nitrogens with one attached hydrogen (secondary N) is 3. The van der Waals surface area contributed by atoms with Crippen LogP contribution < -0.4 is 20.7 Å². The Balaban J connectivity index is 1.95. The number of aryl methyl sites for hydroxylation is 2. The Labute approximate surface area is 182 Å². The van der Waals surface area contributed by atoms with Gasteiger partial charge in [0.05, 0.1) is 30.2 Å². The van der Waals surface area contributed by atoms with E-state index in [4.69, 9.17) is 4.74 Å². The Morgan fingerprint density at radius 2 is 1.77 bits per heavy atom. The number of carbonyl (C=O) groups excluding carboxylic acids is 3. The van der Waals surface area contributed by atoms with E-state index in [0.29, 0.717) is 29.3 Å². The molecular weight excluding hydrogens is 398 g/mol. The molecule has 0 saturated heterocycles. The van der Waals surface area contributed by atoms with E-state index in [1.807, 2.05) is 27.7 Å². The highest BCUT2D eigenvalue weighted by molar-refractivity contribution is 5.99. The van der Waals surface area contributed by atoms with Crippen molar-refractivity contribution in [2.75, 3.05) is 18.5 Å². The van der Waals surface area contributed by atoms with Crippen LogP contribution >= 0.6 is 0 Å². The highest BCUT2D eigenvalue weighted by Gasteiger charge is 2.25. The monoisotopic (exact) mass is 429 g/mol. The Kier molecular flexibility index (Phi) is 8.18. The number of amides is 3. The SMILES string of the molecule is CCOc1ccc(C(=O)N[C@H](C(=O)NCC(=O)Nc2c(C)nn(C)c2C)C(C)C)cc1. The van der Waals surface area contributed by atoms with Crippen molar-refractivity contribution in [3.05, 3.63) is 41.2 Å². The van der Waals surface area contributed by atoms with Crippen molar-refractivity contribution in [2.45, 2.75) is 40.7 Å². The van der Waals surface area contributed by atoms with Crippen molar-refractivity contribution in [1.29, 1.82) is 0 Å². The van der Waals surface area contributed by atoms with Crippen molar-refractivity contribution in [3.63, 3.8) is 0 Å². The first-order valence-corrected chi connectivity index (χ1v) is 10.3. The summed E-state index contributed by atoms with van der Waals surface area (Å²) in [5.74, 6) is -0.667. The second-order valence-corrected chi connectivity index (χ2v) is 7.59. The average molecular weight is 430 g/mol. The van der Waals surface area contributed by atoms with E-state index in [0.717, 1.165) is 5.69 Å². The lowest BCUT2D eigenvalue weighted by Gasteiger charge is -2.21. The van der Waals surface area contributed by atoms with Gasteiger partial charge in [0.25, 0.3) is 5.91 Å². The van der Waals surface area contributed by atoms with Gasteiger partial charge >= 0.3 is 0 Å². The molecule has 9 heteroatoms. The molecule has 0 aliphatic heterocycles. The average Bonchev–Trinajstić information content (AvgIpc) is 2.96. The molecular formula is C22H31N5O4. The summed E-state index contributed by atoms with van der Waals surface area (Å²) in [5.41, 5.74) is 2.57. The van der Waals surface area contributed by atoms with Crippen LogP contribution in [0.1, 0.15) is 42.5 Å². The molecule has 0 radical (unpaired) electrons. The van der Waals surface area contributed by atoms with Crippen LogP contribution in [-0.4, -0.2) is 46.7 Å². The van der Waals surface area contributed by atoms with Gasteiger partial charge in [0.1, 0.15) is 11.8 Å². The van der Waals surface area contributed by atoms with Crippen molar-refractivity contribution in [2.24, 2.45) is 13.0 Å². The number of nitrogens with zero attached hydrogens (tertiary/aromatic N) is 2. The van der Waals surface area contributed by atoms with E-state index in [-0.39, 0.29) is 24.3 Å². The molecule has 1 aromatic carbocycles. The summed E-state index contributed by atoms with van der Waals surface area (Å²) in [7, 11) is 1.79. The molecule has 9 nitrogen and oxygen atoms in total. The maximum atomic E-state index is 12.6. The first-order valence-electron chi connectivity index (χ1n) is 10.3. The maximum Gasteiger partial charge on any atom is 0.251 e. The number of anilines is 1. The maximum absolute atomic E-state index is 12.6. The minimum atomic E-state index is -0.784. The Morgan fingerprint density at radius 3 is 2.29 bits per heavy atom. The summed E-state index contributed by atoms with van der Waals surface area (Å²) in [6.45, 7) is 9.50. The molecule has 1 heterocycles. The molecule has 168 valence electrons. The van der Waals surface area contributed by atoms with E-state index in [1.165, 1.54) is 0 Å². The second kappa shape index (κ2) is 10.6. The van der Waals surface area contributed by atoms with Crippen molar-refractivity contribution >= 4 is 23.4 Å². The Hall–Kier alpha value is -3.36. The number of ether oxygens (including phenoxy) is 1. The number of rotatable bonds is 9. The molecule has 0 unspecified atom stereocenters. The van der Waals surface area contributed by atoms with Crippen LogP contribution in [0.2, 0.25) is 0 Å². The topological polar surface area (TPSA) is 114 Å². The van der Waals surface area contributed by atoms with Crippen LogP contribution in [0.25, 0.3) is 0 Å². The Morgan fingerprint density at radius 1 is 1.13 bits per heavy atom. The van der Waals surface area contributed by atoms with Gasteiger partial charge in [-0.05, 0) is 51.0 Å². The smallest absolute Gasteiger partial charge is 0.251 e. The molecule has 0 spiro atoms. The summed E-state index contributed by atoms with van der Waals surface area (Å²) >= 11 is 0. The number of hydrogen-bond acceptors (Lipinski definition) is 5. The van der Waals surface area contributed by atoms with E-state index < -0.39 is 11.9 Å². The molecule has 0 bridgehead atoms. The third kappa shape index (κ3) is 6.31. The number of hydrogen-bond donors (Lipinski definition) is 3. The lowest BCUT2D eigenvalue weighted by molar-refractivity contribution is -0.126. The van der Waals surface area contributed by atoms with E-state index in [2.05, 4.69) is 21.0 Å².